The van der Waals surface area contributed by atoms with E-state index in [1.807, 2.05) is 6.92 Å². The van der Waals surface area contributed by atoms with Gasteiger partial charge in [0, 0.05) is 19.2 Å². The second-order valence-electron chi connectivity index (χ2n) is 4.29. The van der Waals surface area contributed by atoms with Crippen LogP contribution in [0.1, 0.15) is 25.8 Å². The van der Waals surface area contributed by atoms with Crippen LogP contribution in [0.15, 0.2) is 18.2 Å². The third-order valence-corrected chi connectivity index (χ3v) is 2.64. The van der Waals surface area contributed by atoms with Gasteiger partial charge in [-0.2, -0.15) is 0 Å². The average molecular weight is 255 g/mol. The molecule has 102 valence electrons. The highest BCUT2D eigenvalue weighted by Gasteiger charge is 2.07. The van der Waals surface area contributed by atoms with Crippen molar-refractivity contribution in [2.75, 3.05) is 20.3 Å². The number of nitrogens with one attached hydrogen (secondary N) is 1. The fourth-order valence-corrected chi connectivity index (χ4v) is 1.50. The van der Waals surface area contributed by atoms with E-state index in [1.165, 1.54) is 12.1 Å². The van der Waals surface area contributed by atoms with Crippen molar-refractivity contribution in [1.29, 1.82) is 0 Å². The summed E-state index contributed by atoms with van der Waals surface area (Å²) in [6.45, 7) is 6.00. The molecule has 3 nitrogen and oxygen atoms in total. The maximum atomic E-state index is 13.2. The van der Waals surface area contributed by atoms with Crippen molar-refractivity contribution in [1.82, 2.24) is 5.32 Å². The molecule has 0 aliphatic rings. The van der Waals surface area contributed by atoms with Gasteiger partial charge >= 0.3 is 0 Å². The van der Waals surface area contributed by atoms with E-state index in [9.17, 15) is 4.39 Å². The Hall–Kier alpha value is -1.13. The number of halogens is 1. The molecule has 1 N–H and O–H groups in total. The molecule has 0 aliphatic heterocycles. The Morgan fingerprint density at radius 2 is 2.17 bits per heavy atom. The normalized spacial score (nSPS) is 12.4. The van der Waals surface area contributed by atoms with Gasteiger partial charge in [-0.05, 0) is 38.1 Å². The van der Waals surface area contributed by atoms with Gasteiger partial charge in [-0.25, -0.2) is 4.39 Å². The van der Waals surface area contributed by atoms with Crippen molar-refractivity contribution < 1.29 is 13.9 Å². The SMILES string of the molecule is CCCNCc1cc(F)ccc1OCC(C)OC. The van der Waals surface area contributed by atoms with Crippen molar-refractivity contribution >= 4 is 0 Å². The summed E-state index contributed by atoms with van der Waals surface area (Å²) in [6.07, 6.45) is 1.07. The Labute approximate surface area is 108 Å². The first-order valence-electron chi connectivity index (χ1n) is 6.32. The Bertz CT molecular complexity index is 358. The largest absolute Gasteiger partial charge is 0.491 e. The predicted octanol–water partition coefficient (Wildman–Crippen LogP) is 2.74. The Morgan fingerprint density at radius 3 is 2.83 bits per heavy atom. The molecule has 1 aromatic rings. The molecule has 1 unspecified atom stereocenters. The lowest BCUT2D eigenvalue weighted by Gasteiger charge is -2.15. The zero-order chi connectivity index (χ0) is 13.4. The molecule has 1 aromatic carbocycles. The quantitative estimate of drug-likeness (QED) is 0.725. The molecule has 4 heteroatoms. The van der Waals surface area contributed by atoms with Gasteiger partial charge in [-0.15, -0.1) is 0 Å². The summed E-state index contributed by atoms with van der Waals surface area (Å²) in [7, 11) is 1.64. The highest BCUT2D eigenvalue weighted by Crippen LogP contribution is 2.20. The number of rotatable bonds is 8. The van der Waals surface area contributed by atoms with E-state index < -0.39 is 0 Å². The van der Waals surface area contributed by atoms with Crippen LogP contribution in [0.3, 0.4) is 0 Å². The van der Waals surface area contributed by atoms with Crippen molar-refractivity contribution in [3.63, 3.8) is 0 Å². The van der Waals surface area contributed by atoms with Gasteiger partial charge in [0.15, 0.2) is 0 Å². The van der Waals surface area contributed by atoms with Crippen molar-refractivity contribution in [2.24, 2.45) is 0 Å². The Kier molecular flexibility index (Phi) is 6.68. The van der Waals surface area contributed by atoms with Gasteiger partial charge in [-0.1, -0.05) is 6.92 Å². The van der Waals surface area contributed by atoms with Gasteiger partial charge < -0.3 is 14.8 Å². The molecule has 1 rings (SSSR count). The third kappa shape index (κ3) is 5.02. The smallest absolute Gasteiger partial charge is 0.124 e. The van der Waals surface area contributed by atoms with Crippen LogP contribution in [0.5, 0.6) is 5.75 Å². The second-order valence-corrected chi connectivity index (χ2v) is 4.29. The van der Waals surface area contributed by atoms with Crippen LogP contribution in [0, 0.1) is 5.82 Å². The predicted molar refractivity (Wildman–Crippen MR) is 70.4 cm³/mol. The Morgan fingerprint density at radius 1 is 1.39 bits per heavy atom. The molecule has 0 bridgehead atoms. The lowest BCUT2D eigenvalue weighted by molar-refractivity contribution is 0.0712. The minimum absolute atomic E-state index is 0.0199. The van der Waals surface area contributed by atoms with Gasteiger partial charge in [0.1, 0.15) is 18.2 Å². The van der Waals surface area contributed by atoms with Gasteiger partial charge in [0.2, 0.25) is 0 Å². The van der Waals surface area contributed by atoms with Crippen LogP contribution in [0.25, 0.3) is 0 Å². The highest BCUT2D eigenvalue weighted by atomic mass is 19.1. The number of hydrogen-bond donors (Lipinski definition) is 1. The number of methoxy groups -OCH3 is 1. The summed E-state index contributed by atoms with van der Waals surface area (Å²) in [5.74, 6) is 0.472. The monoisotopic (exact) mass is 255 g/mol. The van der Waals surface area contributed by atoms with Crippen LogP contribution in [-0.4, -0.2) is 26.4 Å². The van der Waals surface area contributed by atoms with E-state index in [-0.39, 0.29) is 11.9 Å². The molecule has 0 saturated carbocycles. The lowest BCUT2D eigenvalue weighted by atomic mass is 10.2. The molecule has 0 amide bonds. The molecule has 1 atom stereocenters. The highest BCUT2D eigenvalue weighted by molar-refractivity contribution is 5.33. The van der Waals surface area contributed by atoms with Crippen molar-refractivity contribution in [3.05, 3.63) is 29.6 Å². The zero-order valence-corrected chi connectivity index (χ0v) is 11.3. The van der Waals surface area contributed by atoms with Gasteiger partial charge in [0.05, 0.1) is 6.10 Å². The van der Waals surface area contributed by atoms with Crippen molar-refractivity contribution in [2.45, 2.75) is 32.9 Å². The summed E-state index contributed by atoms with van der Waals surface area (Å²) < 4.78 is 24.0. The standard InChI is InChI=1S/C14H22FNO2/c1-4-7-16-9-12-8-13(15)5-6-14(12)18-10-11(2)17-3/h5-6,8,11,16H,4,7,9-10H2,1-3H3. The molecule has 0 fully saturated rings. The number of hydrogen-bond acceptors (Lipinski definition) is 3. The van der Waals surface area contributed by atoms with E-state index >= 15 is 0 Å². The maximum absolute atomic E-state index is 13.2. The van der Waals surface area contributed by atoms with Crippen LogP contribution in [0.2, 0.25) is 0 Å². The fourth-order valence-electron chi connectivity index (χ4n) is 1.50. The molecule has 0 aliphatic carbocycles. The second kappa shape index (κ2) is 8.06. The first kappa shape index (κ1) is 14.9. The van der Waals surface area contributed by atoms with E-state index in [2.05, 4.69) is 12.2 Å². The fraction of sp³-hybridized carbons (Fsp3) is 0.571. The number of ether oxygens (including phenoxy) is 2. The van der Waals surface area contributed by atoms with Crippen LogP contribution in [-0.2, 0) is 11.3 Å². The minimum Gasteiger partial charge on any atom is -0.491 e. The van der Waals surface area contributed by atoms with E-state index in [0.717, 1.165) is 18.5 Å². The van der Waals surface area contributed by atoms with Crippen molar-refractivity contribution in [3.8, 4) is 5.75 Å². The summed E-state index contributed by atoms with van der Waals surface area (Å²) in [5, 5.41) is 3.24. The molecule has 0 saturated heterocycles. The molecule has 0 radical (unpaired) electrons. The van der Waals surface area contributed by atoms with Gasteiger partial charge in [-0.3, -0.25) is 0 Å². The lowest BCUT2D eigenvalue weighted by Crippen LogP contribution is -2.18. The van der Waals surface area contributed by atoms with Crippen LogP contribution in [0.4, 0.5) is 4.39 Å². The van der Waals surface area contributed by atoms with E-state index in [0.29, 0.717) is 18.9 Å². The molecule has 18 heavy (non-hydrogen) atoms. The average Bonchev–Trinajstić information content (AvgIpc) is 2.37. The topological polar surface area (TPSA) is 30.5 Å². The zero-order valence-electron chi connectivity index (χ0n) is 11.3. The first-order chi connectivity index (χ1) is 8.67. The van der Waals surface area contributed by atoms with E-state index in [4.69, 9.17) is 9.47 Å². The minimum atomic E-state index is -0.240. The molecule has 0 heterocycles. The Balaban J connectivity index is 2.63. The third-order valence-electron chi connectivity index (χ3n) is 2.64. The van der Waals surface area contributed by atoms with Gasteiger partial charge in [0.25, 0.3) is 0 Å². The summed E-state index contributed by atoms with van der Waals surface area (Å²) in [6, 6.07) is 4.59. The molecular weight excluding hydrogens is 233 g/mol. The van der Waals surface area contributed by atoms with Crippen LogP contribution >= 0.6 is 0 Å². The molecule has 0 aromatic heterocycles. The molecular formula is C14H22FNO2. The summed E-state index contributed by atoms with van der Waals surface area (Å²) in [5.41, 5.74) is 0.840. The summed E-state index contributed by atoms with van der Waals surface area (Å²) >= 11 is 0. The van der Waals surface area contributed by atoms with Crippen LogP contribution < -0.4 is 10.1 Å². The first-order valence-corrected chi connectivity index (χ1v) is 6.32. The summed E-state index contributed by atoms with van der Waals surface area (Å²) in [4.78, 5) is 0. The maximum Gasteiger partial charge on any atom is 0.124 e. The van der Waals surface area contributed by atoms with E-state index in [1.54, 1.807) is 13.2 Å². The number of benzene rings is 1. The molecule has 0 spiro atoms.